The average Bonchev–Trinajstić information content (AvgIpc) is 2.69. The Morgan fingerprint density at radius 3 is 2.45 bits per heavy atom. The average molecular weight is 345 g/mol. The van der Waals surface area contributed by atoms with Gasteiger partial charge in [0, 0.05) is 21.4 Å². The van der Waals surface area contributed by atoms with Crippen LogP contribution in [0.4, 0.5) is 8.78 Å². The monoisotopic (exact) mass is 344 g/mol. The lowest BCUT2D eigenvalue weighted by Crippen LogP contribution is -2.17. The molecule has 3 nitrogen and oxygen atoms in total. The van der Waals surface area contributed by atoms with Gasteiger partial charge in [-0.15, -0.1) is 0 Å². The molecule has 0 aliphatic rings. The number of hydrogen-bond acceptors (Lipinski definition) is 2. The molecule has 0 aliphatic heterocycles. The van der Waals surface area contributed by atoms with Gasteiger partial charge in [-0.05, 0) is 44.2 Å². The lowest BCUT2D eigenvalue weighted by atomic mass is 10.2. The summed E-state index contributed by atoms with van der Waals surface area (Å²) in [5.41, 5.74) is 5.95. The fraction of sp³-hybridized carbons (Fsp3) is 0.286. The van der Waals surface area contributed by atoms with E-state index in [2.05, 4.69) is 26.1 Å². The maximum absolute atomic E-state index is 12.4. The number of hydrogen-bond donors (Lipinski definition) is 1. The summed E-state index contributed by atoms with van der Waals surface area (Å²) in [5.74, 6) is 0.179. The van der Waals surface area contributed by atoms with Crippen LogP contribution in [0.1, 0.15) is 17.0 Å². The van der Waals surface area contributed by atoms with E-state index in [9.17, 15) is 8.78 Å². The number of aryl methyl sites for hydroxylation is 2. The predicted molar refractivity (Wildman–Crippen MR) is 77.7 cm³/mol. The molecule has 1 heterocycles. The second kappa shape index (κ2) is 6.26. The number of ether oxygens (including phenoxy) is 1. The first-order valence-electron chi connectivity index (χ1n) is 6.09. The summed E-state index contributed by atoms with van der Waals surface area (Å²) < 4.78 is 32.0. The molecule has 0 spiro atoms. The van der Waals surface area contributed by atoms with Crippen molar-refractivity contribution in [1.29, 1.82) is 0 Å². The highest BCUT2D eigenvalue weighted by Crippen LogP contribution is 2.25. The second-order valence-corrected chi connectivity index (χ2v) is 5.33. The van der Waals surface area contributed by atoms with Gasteiger partial charge in [0.15, 0.2) is 0 Å². The fourth-order valence-electron chi connectivity index (χ4n) is 1.98. The second-order valence-electron chi connectivity index (χ2n) is 4.42. The molecule has 0 fully saturated rings. The van der Waals surface area contributed by atoms with Crippen LogP contribution in [-0.2, 0) is 6.54 Å². The van der Waals surface area contributed by atoms with Gasteiger partial charge in [0.2, 0.25) is 0 Å². The van der Waals surface area contributed by atoms with Crippen LogP contribution in [0.2, 0.25) is 0 Å². The van der Waals surface area contributed by atoms with Crippen molar-refractivity contribution in [1.82, 2.24) is 4.68 Å². The molecule has 20 heavy (non-hydrogen) atoms. The molecule has 0 amide bonds. The van der Waals surface area contributed by atoms with Crippen molar-refractivity contribution in [3.05, 3.63) is 51.8 Å². The molecule has 1 aromatic heterocycles. The van der Waals surface area contributed by atoms with Crippen LogP contribution in [0.3, 0.4) is 0 Å². The summed E-state index contributed by atoms with van der Waals surface area (Å²) >= 11 is 3.33. The van der Waals surface area contributed by atoms with Gasteiger partial charge in [-0.2, -0.15) is 8.78 Å². The minimum Gasteiger partial charge on any atom is -0.434 e. The molecule has 0 saturated carbocycles. The molecule has 0 aliphatic carbocycles. The zero-order chi connectivity index (χ0) is 14.7. The Balaban J connectivity index is 2.18. The number of halogens is 3. The third-order valence-electron chi connectivity index (χ3n) is 2.94. The number of rotatable bonds is 5. The number of nitrogens with zero attached hydrogens (tertiary/aromatic N) is 1. The quantitative estimate of drug-likeness (QED) is 0.879. The van der Waals surface area contributed by atoms with Gasteiger partial charge in [-0.1, -0.05) is 15.9 Å². The van der Waals surface area contributed by atoms with E-state index < -0.39 is 6.61 Å². The van der Waals surface area contributed by atoms with Crippen molar-refractivity contribution in [2.75, 3.05) is 5.43 Å². The van der Waals surface area contributed by atoms with E-state index in [0.29, 0.717) is 12.1 Å². The smallest absolute Gasteiger partial charge is 0.387 e. The molecule has 0 saturated heterocycles. The normalized spacial score (nSPS) is 10.9. The molecule has 6 heteroatoms. The van der Waals surface area contributed by atoms with Gasteiger partial charge in [0.1, 0.15) is 5.75 Å². The first kappa shape index (κ1) is 14.8. The Labute approximate surface area is 124 Å². The Kier molecular flexibility index (Phi) is 4.65. The summed E-state index contributed by atoms with van der Waals surface area (Å²) in [6.07, 6.45) is 0. The highest BCUT2D eigenvalue weighted by Gasteiger charge is 2.10. The molecule has 108 valence electrons. The summed E-state index contributed by atoms with van der Waals surface area (Å²) in [4.78, 5) is 0. The summed E-state index contributed by atoms with van der Waals surface area (Å²) in [5, 5.41) is 0. The first-order valence-corrected chi connectivity index (χ1v) is 6.88. The largest absolute Gasteiger partial charge is 0.434 e. The fourth-order valence-corrected chi connectivity index (χ4v) is 2.39. The summed E-state index contributed by atoms with van der Waals surface area (Å²) in [6.45, 7) is 1.50. The Morgan fingerprint density at radius 1 is 1.20 bits per heavy atom. The van der Waals surface area contributed by atoms with Gasteiger partial charge in [-0.25, -0.2) is 0 Å². The topological polar surface area (TPSA) is 26.2 Å². The van der Waals surface area contributed by atoms with Crippen LogP contribution in [-0.4, -0.2) is 11.3 Å². The Hall–Kier alpha value is -1.56. The zero-order valence-corrected chi connectivity index (χ0v) is 12.7. The van der Waals surface area contributed by atoms with Crippen LogP contribution >= 0.6 is 15.9 Å². The maximum atomic E-state index is 12.4. The molecule has 0 bridgehead atoms. The Morgan fingerprint density at radius 2 is 1.85 bits per heavy atom. The number of benzene rings is 1. The van der Waals surface area contributed by atoms with Crippen molar-refractivity contribution in [3.63, 3.8) is 0 Å². The highest BCUT2D eigenvalue weighted by atomic mass is 79.9. The molecule has 1 N–H and O–H groups in total. The SMILES string of the molecule is Cc1ccc(C)n1NCc1cc(Br)ccc1OC(F)F. The van der Waals surface area contributed by atoms with E-state index in [-0.39, 0.29) is 5.75 Å². The standard InChI is InChI=1S/C14H15BrF2N2O/c1-9-3-4-10(2)19(9)18-8-11-7-12(15)5-6-13(11)20-14(16)17/h3-7,14,18H,8H2,1-2H3. The molecule has 0 radical (unpaired) electrons. The van der Waals surface area contributed by atoms with Crippen molar-refractivity contribution in [2.45, 2.75) is 27.0 Å². The van der Waals surface area contributed by atoms with Crippen LogP contribution in [0.5, 0.6) is 5.75 Å². The molecule has 2 aromatic rings. The van der Waals surface area contributed by atoms with Gasteiger partial charge in [0.25, 0.3) is 0 Å². The minimum atomic E-state index is -2.83. The summed E-state index contributed by atoms with van der Waals surface area (Å²) in [6, 6.07) is 8.94. The lowest BCUT2D eigenvalue weighted by Gasteiger charge is -2.15. The van der Waals surface area contributed by atoms with E-state index >= 15 is 0 Å². The van der Waals surface area contributed by atoms with Gasteiger partial charge < -0.3 is 10.2 Å². The van der Waals surface area contributed by atoms with E-state index in [1.807, 2.05) is 30.7 Å². The van der Waals surface area contributed by atoms with Crippen LogP contribution in [0.15, 0.2) is 34.8 Å². The zero-order valence-electron chi connectivity index (χ0n) is 11.2. The summed E-state index contributed by atoms with van der Waals surface area (Å²) in [7, 11) is 0. The van der Waals surface area contributed by atoms with E-state index in [1.165, 1.54) is 6.07 Å². The first-order chi connectivity index (χ1) is 9.47. The van der Waals surface area contributed by atoms with Crippen molar-refractivity contribution >= 4 is 15.9 Å². The van der Waals surface area contributed by atoms with Crippen LogP contribution in [0.25, 0.3) is 0 Å². The lowest BCUT2D eigenvalue weighted by molar-refractivity contribution is -0.0504. The van der Waals surface area contributed by atoms with Crippen LogP contribution in [0, 0.1) is 13.8 Å². The number of nitrogens with one attached hydrogen (secondary N) is 1. The predicted octanol–water partition coefficient (Wildman–Crippen LogP) is 4.21. The molecule has 1 aromatic carbocycles. The molecular formula is C14H15BrF2N2O. The van der Waals surface area contributed by atoms with E-state index in [4.69, 9.17) is 0 Å². The number of alkyl halides is 2. The van der Waals surface area contributed by atoms with Crippen molar-refractivity contribution in [2.24, 2.45) is 0 Å². The minimum absolute atomic E-state index is 0.179. The molecule has 0 atom stereocenters. The highest BCUT2D eigenvalue weighted by molar-refractivity contribution is 9.10. The maximum Gasteiger partial charge on any atom is 0.387 e. The Bertz CT molecular complexity index is 579. The third kappa shape index (κ3) is 3.50. The number of aromatic nitrogens is 1. The van der Waals surface area contributed by atoms with Gasteiger partial charge >= 0.3 is 6.61 Å². The van der Waals surface area contributed by atoms with Crippen molar-refractivity contribution in [3.8, 4) is 5.75 Å². The molecular weight excluding hydrogens is 330 g/mol. The van der Waals surface area contributed by atoms with Gasteiger partial charge in [-0.3, -0.25) is 4.68 Å². The van der Waals surface area contributed by atoms with Gasteiger partial charge in [0.05, 0.1) is 6.54 Å². The van der Waals surface area contributed by atoms with E-state index in [0.717, 1.165) is 15.9 Å². The molecule has 2 rings (SSSR count). The molecule has 0 unspecified atom stereocenters. The van der Waals surface area contributed by atoms with Crippen LogP contribution < -0.4 is 10.2 Å². The van der Waals surface area contributed by atoms with Crippen molar-refractivity contribution < 1.29 is 13.5 Å². The third-order valence-corrected chi connectivity index (χ3v) is 3.43. The van der Waals surface area contributed by atoms with E-state index in [1.54, 1.807) is 12.1 Å².